The summed E-state index contributed by atoms with van der Waals surface area (Å²) < 4.78 is 5.10. The predicted octanol–water partition coefficient (Wildman–Crippen LogP) is 1.56. The molecule has 0 bridgehead atoms. The largest absolute Gasteiger partial charge is 0.477 e. The van der Waals surface area contributed by atoms with E-state index in [1.165, 1.54) is 16.7 Å². The number of carbonyl (C=O) groups excluding carboxylic acids is 2. The van der Waals surface area contributed by atoms with E-state index in [4.69, 9.17) is 4.74 Å². The van der Waals surface area contributed by atoms with Gasteiger partial charge in [0.1, 0.15) is 23.7 Å². The van der Waals surface area contributed by atoms with Crippen LogP contribution in [-0.4, -0.2) is 45.1 Å². The Morgan fingerprint density at radius 1 is 1.38 bits per heavy atom. The van der Waals surface area contributed by atoms with Crippen LogP contribution >= 0.6 is 11.8 Å². The molecule has 2 amide bonds. The van der Waals surface area contributed by atoms with Gasteiger partial charge in [-0.15, -0.1) is 11.8 Å². The van der Waals surface area contributed by atoms with Crippen molar-refractivity contribution in [2.45, 2.75) is 24.9 Å². The molecule has 1 aromatic carbocycles. The minimum absolute atomic E-state index is 0.0134. The summed E-state index contributed by atoms with van der Waals surface area (Å²) in [5.74, 6) is -1.05. The Hall–Kier alpha value is -2.48. The van der Waals surface area contributed by atoms with E-state index in [0.29, 0.717) is 11.3 Å². The zero-order chi connectivity index (χ0) is 17.3. The third-order valence-electron chi connectivity index (χ3n) is 3.85. The molecule has 0 unspecified atom stereocenters. The zero-order valence-electron chi connectivity index (χ0n) is 12.9. The molecule has 0 aromatic heterocycles. The van der Waals surface area contributed by atoms with E-state index < -0.39 is 29.4 Å². The summed E-state index contributed by atoms with van der Waals surface area (Å²) in [6.07, 6.45) is -0.694. The molecule has 2 aliphatic heterocycles. The van der Waals surface area contributed by atoms with E-state index in [0.717, 1.165) is 5.56 Å². The van der Waals surface area contributed by atoms with Crippen LogP contribution in [0.4, 0.5) is 4.79 Å². The summed E-state index contributed by atoms with van der Waals surface area (Å²) in [5.41, 5.74) is 1.50. The lowest BCUT2D eigenvalue weighted by Gasteiger charge is -2.49. The minimum atomic E-state index is -1.13. The number of hydrogen-bond donors (Lipinski definition) is 2. The molecule has 126 valence electrons. The quantitative estimate of drug-likeness (QED) is 0.802. The lowest BCUT2D eigenvalue weighted by Crippen LogP contribution is -2.70. The second-order valence-corrected chi connectivity index (χ2v) is 6.63. The van der Waals surface area contributed by atoms with Crippen LogP contribution in [0.2, 0.25) is 0 Å². The Balaban J connectivity index is 1.59. The molecule has 0 saturated carbocycles. The Morgan fingerprint density at radius 2 is 2.08 bits per heavy atom. The SMILES string of the molecule is CC1=C(C(=O)O)N2C(=O)[C@@H](NC(=O)OCc3ccccc3)[C@H]2SC1. The Morgan fingerprint density at radius 3 is 2.75 bits per heavy atom. The van der Waals surface area contributed by atoms with Crippen LogP contribution in [-0.2, 0) is 20.9 Å². The number of carboxylic acids is 1. The fourth-order valence-corrected chi connectivity index (χ4v) is 3.96. The molecule has 24 heavy (non-hydrogen) atoms. The number of ether oxygens (including phenoxy) is 1. The van der Waals surface area contributed by atoms with Gasteiger partial charge < -0.3 is 15.2 Å². The topological polar surface area (TPSA) is 95.9 Å². The van der Waals surface area contributed by atoms with Gasteiger partial charge in [0.2, 0.25) is 0 Å². The first-order valence-electron chi connectivity index (χ1n) is 7.34. The number of nitrogens with one attached hydrogen (secondary N) is 1. The number of carbonyl (C=O) groups is 3. The summed E-state index contributed by atoms with van der Waals surface area (Å²) >= 11 is 1.42. The number of rotatable bonds is 4. The molecule has 7 nitrogen and oxygen atoms in total. The molecule has 2 N–H and O–H groups in total. The van der Waals surface area contributed by atoms with Gasteiger partial charge in [-0.05, 0) is 18.1 Å². The first-order chi connectivity index (χ1) is 11.5. The molecule has 1 saturated heterocycles. The van der Waals surface area contributed by atoms with Crippen molar-refractivity contribution in [2.75, 3.05) is 5.75 Å². The van der Waals surface area contributed by atoms with Crippen molar-refractivity contribution >= 4 is 29.7 Å². The fourth-order valence-electron chi connectivity index (χ4n) is 2.67. The molecule has 0 aliphatic carbocycles. The monoisotopic (exact) mass is 348 g/mol. The van der Waals surface area contributed by atoms with Crippen molar-refractivity contribution in [1.29, 1.82) is 0 Å². The summed E-state index contributed by atoms with van der Waals surface area (Å²) in [4.78, 5) is 36.6. The number of alkyl carbamates (subject to hydrolysis) is 1. The molecule has 1 aromatic rings. The molecule has 2 aliphatic rings. The molecule has 2 atom stereocenters. The minimum Gasteiger partial charge on any atom is -0.477 e. The molecule has 0 radical (unpaired) electrons. The van der Waals surface area contributed by atoms with Crippen molar-refractivity contribution in [3.8, 4) is 0 Å². The summed E-state index contributed by atoms with van der Waals surface area (Å²) in [6, 6.07) is 8.43. The lowest BCUT2D eigenvalue weighted by atomic mass is 10.0. The van der Waals surface area contributed by atoms with Crippen LogP contribution < -0.4 is 5.32 Å². The number of aliphatic carboxylic acids is 1. The van der Waals surface area contributed by atoms with Gasteiger partial charge in [-0.3, -0.25) is 9.69 Å². The van der Waals surface area contributed by atoms with Crippen molar-refractivity contribution in [3.05, 3.63) is 47.2 Å². The van der Waals surface area contributed by atoms with Crippen LogP contribution in [0.5, 0.6) is 0 Å². The number of benzene rings is 1. The number of hydrogen-bond acceptors (Lipinski definition) is 5. The lowest BCUT2D eigenvalue weighted by molar-refractivity contribution is -0.149. The molecule has 3 rings (SSSR count). The number of carboxylic acid groups (broad SMARTS) is 1. The molecule has 1 fully saturated rings. The molecular weight excluding hydrogens is 332 g/mol. The third-order valence-corrected chi connectivity index (χ3v) is 5.27. The van der Waals surface area contributed by atoms with Crippen LogP contribution in [0.1, 0.15) is 12.5 Å². The van der Waals surface area contributed by atoms with Gasteiger partial charge in [0.05, 0.1) is 0 Å². The van der Waals surface area contributed by atoms with Crippen molar-refractivity contribution in [2.24, 2.45) is 0 Å². The highest BCUT2D eigenvalue weighted by Crippen LogP contribution is 2.40. The van der Waals surface area contributed by atoms with E-state index in [2.05, 4.69) is 5.32 Å². The van der Waals surface area contributed by atoms with Gasteiger partial charge in [-0.2, -0.15) is 0 Å². The maximum Gasteiger partial charge on any atom is 0.408 e. The highest BCUT2D eigenvalue weighted by Gasteiger charge is 2.53. The van der Waals surface area contributed by atoms with Gasteiger partial charge in [-0.25, -0.2) is 9.59 Å². The highest BCUT2D eigenvalue weighted by atomic mass is 32.2. The van der Waals surface area contributed by atoms with Crippen LogP contribution in [0.15, 0.2) is 41.6 Å². The zero-order valence-corrected chi connectivity index (χ0v) is 13.7. The molecule has 2 heterocycles. The van der Waals surface area contributed by atoms with Crippen molar-refractivity contribution < 1.29 is 24.2 Å². The highest BCUT2D eigenvalue weighted by molar-refractivity contribution is 8.00. The number of amides is 2. The first-order valence-corrected chi connectivity index (χ1v) is 8.39. The second-order valence-electron chi connectivity index (χ2n) is 5.53. The average molecular weight is 348 g/mol. The first kappa shape index (κ1) is 16.4. The standard InChI is InChI=1S/C16H16N2O5S/c1-9-8-24-14-11(13(19)18(14)12(9)15(20)21)17-16(22)23-7-10-5-3-2-4-6-10/h2-6,11,14H,7-8H2,1H3,(H,17,22)(H,20,21)/t11-,14-/m1/s1. The van der Waals surface area contributed by atoms with Crippen molar-refractivity contribution in [1.82, 2.24) is 10.2 Å². The normalized spacial score (nSPS) is 22.5. The average Bonchev–Trinajstić information content (AvgIpc) is 2.58. The smallest absolute Gasteiger partial charge is 0.408 e. The van der Waals surface area contributed by atoms with Crippen LogP contribution in [0, 0.1) is 0 Å². The van der Waals surface area contributed by atoms with Gasteiger partial charge in [-0.1, -0.05) is 30.3 Å². The van der Waals surface area contributed by atoms with E-state index in [1.54, 1.807) is 6.92 Å². The molecule has 0 spiro atoms. The summed E-state index contributed by atoms with van der Waals surface area (Å²) in [5, 5.41) is 11.4. The predicted molar refractivity (Wildman–Crippen MR) is 87.0 cm³/mol. The van der Waals surface area contributed by atoms with Crippen LogP contribution in [0.25, 0.3) is 0 Å². The van der Waals surface area contributed by atoms with Crippen molar-refractivity contribution in [3.63, 3.8) is 0 Å². The van der Waals surface area contributed by atoms with Gasteiger partial charge in [0.15, 0.2) is 0 Å². The van der Waals surface area contributed by atoms with E-state index in [9.17, 15) is 19.5 Å². The van der Waals surface area contributed by atoms with Gasteiger partial charge in [0, 0.05) is 5.75 Å². The number of thioether (sulfide) groups is 1. The molecule has 8 heteroatoms. The Labute approximate surface area is 142 Å². The number of fused-ring (bicyclic) bond motifs is 1. The van der Waals surface area contributed by atoms with E-state index in [-0.39, 0.29) is 12.3 Å². The summed E-state index contributed by atoms with van der Waals surface area (Å²) in [7, 11) is 0. The van der Waals surface area contributed by atoms with Gasteiger partial charge in [0.25, 0.3) is 5.91 Å². The second kappa shape index (κ2) is 6.56. The maximum absolute atomic E-state index is 12.2. The fraction of sp³-hybridized carbons (Fsp3) is 0.312. The van der Waals surface area contributed by atoms with E-state index in [1.807, 2.05) is 30.3 Å². The number of nitrogens with zero attached hydrogens (tertiary/aromatic N) is 1. The maximum atomic E-state index is 12.2. The summed E-state index contributed by atoms with van der Waals surface area (Å²) in [6.45, 7) is 1.79. The molecular formula is C16H16N2O5S. The third kappa shape index (κ3) is 2.96. The Bertz CT molecular complexity index is 718. The number of β-lactam (4-membered cyclic amide) rings is 1. The van der Waals surface area contributed by atoms with Crippen LogP contribution in [0.3, 0.4) is 0 Å². The van der Waals surface area contributed by atoms with Gasteiger partial charge >= 0.3 is 12.1 Å². The Kier molecular flexibility index (Phi) is 4.48. The van der Waals surface area contributed by atoms with E-state index >= 15 is 0 Å².